The Morgan fingerprint density at radius 1 is 0.867 bits per heavy atom. The molecular weight excluding hydrogens is 400 g/mol. The van der Waals surface area contributed by atoms with Gasteiger partial charge in [-0.1, -0.05) is 54.1 Å². The largest absolute Gasteiger partial charge is 0.321 e. The molecule has 1 amide bonds. The average Bonchev–Trinajstić information content (AvgIpc) is 2.74. The number of anilines is 2. The Hall–Kier alpha value is -3.78. The molecule has 0 fully saturated rings. The number of aromatic nitrogens is 2. The number of fused-ring (bicyclic) bond motifs is 1. The Morgan fingerprint density at radius 3 is 2.27 bits per heavy atom. The summed E-state index contributed by atoms with van der Waals surface area (Å²) in [6, 6.07) is 19.8. The van der Waals surface area contributed by atoms with E-state index in [0.29, 0.717) is 5.69 Å². The van der Waals surface area contributed by atoms with Gasteiger partial charge in [-0.05, 0) is 30.5 Å². The summed E-state index contributed by atoms with van der Waals surface area (Å²) in [5, 5.41) is 4.76. The number of carbonyl (C=O) groups excluding carboxylic acids is 1. The summed E-state index contributed by atoms with van der Waals surface area (Å²) < 4.78 is 27.2. The molecule has 2 N–H and O–H groups in total. The molecule has 0 spiro atoms. The standard InChI is InChI=1S/C22H18N4O3S/c1-15-9-11-18(12-10-15)30(28,29)26-22-23-13-17(14-24-22)21(27)25-20-8-4-6-16-5-2-3-7-19(16)20/h2-14H,1H3,(H,25,27)(H,23,24,26). The second kappa shape index (κ2) is 7.92. The van der Waals surface area contributed by atoms with Crippen molar-refractivity contribution in [3.05, 3.63) is 90.3 Å². The van der Waals surface area contributed by atoms with E-state index in [4.69, 9.17) is 0 Å². The van der Waals surface area contributed by atoms with Crippen molar-refractivity contribution in [3.8, 4) is 0 Å². The van der Waals surface area contributed by atoms with Crippen molar-refractivity contribution in [2.24, 2.45) is 0 Å². The van der Waals surface area contributed by atoms with E-state index >= 15 is 0 Å². The maximum absolute atomic E-state index is 12.6. The zero-order chi connectivity index (χ0) is 21.1. The Kier molecular flexibility index (Phi) is 5.16. The van der Waals surface area contributed by atoms with E-state index in [9.17, 15) is 13.2 Å². The summed E-state index contributed by atoms with van der Waals surface area (Å²) in [7, 11) is -3.81. The molecule has 4 rings (SSSR count). The van der Waals surface area contributed by atoms with Crippen LogP contribution in [-0.2, 0) is 10.0 Å². The summed E-state index contributed by atoms with van der Waals surface area (Å²) in [5.41, 5.74) is 1.83. The lowest BCUT2D eigenvalue weighted by Crippen LogP contribution is -2.17. The van der Waals surface area contributed by atoms with Gasteiger partial charge in [-0.15, -0.1) is 0 Å². The van der Waals surface area contributed by atoms with Crippen molar-refractivity contribution in [3.63, 3.8) is 0 Å². The van der Waals surface area contributed by atoms with Gasteiger partial charge in [0.2, 0.25) is 5.95 Å². The molecule has 1 heterocycles. The molecule has 7 nitrogen and oxygen atoms in total. The van der Waals surface area contributed by atoms with Gasteiger partial charge in [0.05, 0.1) is 10.5 Å². The molecule has 0 atom stereocenters. The maximum atomic E-state index is 12.6. The van der Waals surface area contributed by atoms with Crippen LogP contribution >= 0.6 is 0 Å². The average molecular weight is 418 g/mol. The SMILES string of the molecule is Cc1ccc(S(=O)(=O)Nc2ncc(C(=O)Nc3cccc4ccccc34)cn2)cc1. The predicted octanol–water partition coefficient (Wildman–Crippen LogP) is 3.99. The Labute approximate surface area is 173 Å². The zero-order valence-corrected chi connectivity index (χ0v) is 16.8. The number of amides is 1. The lowest BCUT2D eigenvalue weighted by molar-refractivity contribution is 0.102. The van der Waals surface area contributed by atoms with E-state index in [2.05, 4.69) is 20.0 Å². The number of rotatable bonds is 5. The summed E-state index contributed by atoms with van der Waals surface area (Å²) in [6.45, 7) is 1.87. The van der Waals surface area contributed by atoms with E-state index < -0.39 is 10.0 Å². The summed E-state index contributed by atoms with van der Waals surface area (Å²) in [4.78, 5) is 20.6. The first-order valence-corrected chi connectivity index (χ1v) is 10.6. The minimum Gasteiger partial charge on any atom is -0.321 e. The molecule has 0 bridgehead atoms. The predicted molar refractivity (Wildman–Crippen MR) is 116 cm³/mol. The fourth-order valence-corrected chi connectivity index (χ4v) is 3.88. The summed E-state index contributed by atoms with van der Waals surface area (Å²) in [5.74, 6) is -0.503. The molecule has 0 saturated carbocycles. The number of hydrogen-bond donors (Lipinski definition) is 2. The van der Waals surface area contributed by atoms with Crippen LogP contribution < -0.4 is 10.0 Å². The minimum atomic E-state index is -3.81. The fraction of sp³-hybridized carbons (Fsp3) is 0.0455. The molecule has 30 heavy (non-hydrogen) atoms. The van der Waals surface area contributed by atoms with Gasteiger partial charge in [-0.25, -0.2) is 23.1 Å². The lowest BCUT2D eigenvalue weighted by atomic mass is 10.1. The number of aryl methyl sites for hydroxylation is 1. The van der Waals surface area contributed by atoms with Gasteiger partial charge in [0.25, 0.3) is 15.9 Å². The van der Waals surface area contributed by atoms with Crippen molar-refractivity contribution in [2.45, 2.75) is 11.8 Å². The highest BCUT2D eigenvalue weighted by Gasteiger charge is 2.16. The highest BCUT2D eigenvalue weighted by molar-refractivity contribution is 7.92. The third-order valence-electron chi connectivity index (χ3n) is 4.51. The van der Waals surface area contributed by atoms with Crippen LogP contribution in [0.5, 0.6) is 0 Å². The maximum Gasteiger partial charge on any atom is 0.264 e. The lowest BCUT2D eigenvalue weighted by Gasteiger charge is -2.09. The molecule has 0 unspecified atom stereocenters. The van der Waals surface area contributed by atoms with Gasteiger partial charge in [-0.2, -0.15) is 0 Å². The molecule has 8 heteroatoms. The highest BCUT2D eigenvalue weighted by Crippen LogP contribution is 2.23. The van der Waals surface area contributed by atoms with Gasteiger partial charge in [0, 0.05) is 23.5 Å². The van der Waals surface area contributed by atoms with Crippen LogP contribution in [0, 0.1) is 6.92 Å². The number of benzene rings is 3. The zero-order valence-electron chi connectivity index (χ0n) is 16.0. The number of hydrogen-bond acceptors (Lipinski definition) is 5. The smallest absolute Gasteiger partial charge is 0.264 e. The van der Waals surface area contributed by atoms with E-state index in [1.165, 1.54) is 24.5 Å². The van der Waals surface area contributed by atoms with Gasteiger partial charge >= 0.3 is 0 Å². The summed E-state index contributed by atoms with van der Waals surface area (Å²) in [6.07, 6.45) is 2.56. The van der Waals surface area contributed by atoms with E-state index in [1.54, 1.807) is 12.1 Å². The molecule has 3 aromatic carbocycles. The fourth-order valence-electron chi connectivity index (χ4n) is 2.92. The van der Waals surface area contributed by atoms with Crippen LogP contribution in [0.25, 0.3) is 10.8 Å². The number of sulfonamides is 1. The van der Waals surface area contributed by atoms with Crippen LogP contribution in [0.1, 0.15) is 15.9 Å². The first kappa shape index (κ1) is 19.5. The Balaban J connectivity index is 1.50. The van der Waals surface area contributed by atoms with E-state index in [1.807, 2.05) is 49.4 Å². The van der Waals surface area contributed by atoms with Crippen LogP contribution in [0.2, 0.25) is 0 Å². The molecule has 0 radical (unpaired) electrons. The van der Waals surface area contributed by atoms with Crippen molar-refractivity contribution in [1.29, 1.82) is 0 Å². The van der Waals surface area contributed by atoms with Crippen LogP contribution in [0.4, 0.5) is 11.6 Å². The second-order valence-electron chi connectivity index (χ2n) is 6.69. The minimum absolute atomic E-state index is 0.106. The Bertz CT molecular complexity index is 1310. The molecule has 0 aliphatic carbocycles. The molecule has 0 saturated heterocycles. The van der Waals surface area contributed by atoms with Crippen LogP contribution in [-0.4, -0.2) is 24.3 Å². The van der Waals surface area contributed by atoms with Crippen molar-refractivity contribution in [2.75, 3.05) is 10.0 Å². The topological polar surface area (TPSA) is 101 Å². The first-order valence-electron chi connectivity index (χ1n) is 9.13. The third kappa shape index (κ3) is 4.13. The Morgan fingerprint density at radius 2 is 1.53 bits per heavy atom. The van der Waals surface area contributed by atoms with E-state index in [-0.39, 0.29) is 22.3 Å². The number of nitrogens with one attached hydrogen (secondary N) is 2. The molecule has 0 aliphatic rings. The van der Waals surface area contributed by atoms with Crippen molar-refractivity contribution in [1.82, 2.24) is 9.97 Å². The molecule has 1 aromatic heterocycles. The van der Waals surface area contributed by atoms with Crippen LogP contribution in [0.3, 0.4) is 0 Å². The second-order valence-corrected chi connectivity index (χ2v) is 8.38. The third-order valence-corrected chi connectivity index (χ3v) is 5.85. The van der Waals surface area contributed by atoms with Crippen LogP contribution in [0.15, 0.2) is 84.0 Å². The normalized spacial score (nSPS) is 11.2. The monoisotopic (exact) mass is 418 g/mol. The highest BCUT2D eigenvalue weighted by atomic mass is 32.2. The molecular formula is C22H18N4O3S. The van der Waals surface area contributed by atoms with Gasteiger partial charge < -0.3 is 5.32 Å². The van der Waals surface area contributed by atoms with Gasteiger partial charge in [-0.3, -0.25) is 4.79 Å². The first-order chi connectivity index (χ1) is 14.4. The molecule has 0 aliphatic heterocycles. The van der Waals surface area contributed by atoms with Gasteiger partial charge in [0.1, 0.15) is 0 Å². The quantitative estimate of drug-likeness (QED) is 0.510. The molecule has 150 valence electrons. The van der Waals surface area contributed by atoms with Gasteiger partial charge in [0.15, 0.2) is 0 Å². The van der Waals surface area contributed by atoms with Crippen molar-refractivity contribution < 1.29 is 13.2 Å². The summed E-state index contributed by atoms with van der Waals surface area (Å²) >= 11 is 0. The van der Waals surface area contributed by atoms with E-state index in [0.717, 1.165) is 16.3 Å². The molecule has 4 aromatic rings. The van der Waals surface area contributed by atoms with Crippen molar-refractivity contribution >= 4 is 38.3 Å². The number of carbonyl (C=O) groups is 1. The number of nitrogens with zero attached hydrogens (tertiary/aromatic N) is 2.